The normalized spacial score (nSPS) is 12.9. The Labute approximate surface area is 92.7 Å². The van der Waals surface area contributed by atoms with E-state index in [0.717, 1.165) is 6.54 Å². The van der Waals surface area contributed by atoms with Crippen LogP contribution in [-0.4, -0.2) is 37.9 Å². The minimum atomic E-state index is 0.313. The van der Waals surface area contributed by atoms with Crippen molar-refractivity contribution >= 4 is 0 Å². The quantitative estimate of drug-likeness (QED) is 0.760. The van der Waals surface area contributed by atoms with Crippen molar-refractivity contribution in [1.82, 2.24) is 30.6 Å². The van der Waals surface area contributed by atoms with E-state index < -0.39 is 0 Å². The summed E-state index contributed by atoms with van der Waals surface area (Å²) in [5.74, 6) is 1.56. The van der Waals surface area contributed by atoms with Gasteiger partial charge in [-0.05, 0) is 13.5 Å². The first-order valence-corrected chi connectivity index (χ1v) is 5.21. The smallest absolute Gasteiger partial charge is 0.239 e. The molecule has 1 atom stereocenters. The first-order chi connectivity index (χ1) is 7.79. The topological polar surface area (TPSA) is 92.5 Å². The molecule has 0 saturated heterocycles. The monoisotopic (exact) mass is 222 g/mol. The Bertz CT molecular complexity index is 423. The minimum Gasteiger partial charge on any atom is -0.339 e. The second-order valence-corrected chi connectivity index (χ2v) is 3.51. The van der Waals surface area contributed by atoms with Gasteiger partial charge in [-0.25, -0.2) is 4.98 Å². The molecule has 0 amide bonds. The number of nitrogens with zero attached hydrogens (tertiary/aromatic N) is 4. The molecule has 0 fully saturated rings. The van der Waals surface area contributed by atoms with Crippen molar-refractivity contribution in [3.8, 4) is 11.6 Å². The minimum absolute atomic E-state index is 0.313. The van der Waals surface area contributed by atoms with Crippen molar-refractivity contribution in [2.75, 3.05) is 6.54 Å². The maximum absolute atomic E-state index is 5.12. The maximum atomic E-state index is 5.12. The van der Waals surface area contributed by atoms with E-state index >= 15 is 0 Å². The predicted octanol–water partition coefficient (Wildman–Crippen LogP) is 0.395. The number of likely N-dealkylation sites (N-methyl/N-ethyl adjacent to an activating group) is 1. The van der Waals surface area contributed by atoms with E-state index in [4.69, 9.17) is 4.52 Å². The largest absolute Gasteiger partial charge is 0.339 e. The SMILES string of the molecule is CCNC(C)Cc1nc(-c2ncn[nH]2)no1. The van der Waals surface area contributed by atoms with Gasteiger partial charge in [0.15, 0.2) is 5.82 Å². The highest BCUT2D eigenvalue weighted by Gasteiger charge is 2.12. The van der Waals surface area contributed by atoms with Crippen molar-refractivity contribution in [3.63, 3.8) is 0 Å². The molecule has 7 heteroatoms. The molecule has 2 aromatic rings. The third kappa shape index (κ3) is 2.43. The molecule has 86 valence electrons. The van der Waals surface area contributed by atoms with Crippen molar-refractivity contribution in [3.05, 3.63) is 12.2 Å². The van der Waals surface area contributed by atoms with E-state index in [-0.39, 0.29) is 0 Å². The summed E-state index contributed by atoms with van der Waals surface area (Å²) < 4.78 is 5.12. The standard InChI is InChI=1S/C9H14N6O/c1-3-10-6(2)4-7-13-9(15-16-7)8-11-5-12-14-8/h5-6,10H,3-4H2,1-2H3,(H,11,12,14). The van der Waals surface area contributed by atoms with Gasteiger partial charge in [0.05, 0.1) is 0 Å². The van der Waals surface area contributed by atoms with Crippen LogP contribution in [-0.2, 0) is 6.42 Å². The molecule has 0 bridgehead atoms. The summed E-state index contributed by atoms with van der Waals surface area (Å²) in [5, 5.41) is 13.5. The lowest BCUT2D eigenvalue weighted by Crippen LogP contribution is -2.27. The van der Waals surface area contributed by atoms with Crippen molar-refractivity contribution in [1.29, 1.82) is 0 Å². The van der Waals surface area contributed by atoms with Crippen LogP contribution in [0.5, 0.6) is 0 Å². The Kier molecular flexibility index (Phi) is 3.25. The van der Waals surface area contributed by atoms with Gasteiger partial charge in [0.2, 0.25) is 11.7 Å². The number of H-pyrrole nitrogens is 1. The summed E-state index contributed by atoms with van der Waals surface area (Å²) in [5.41, 5.74) is 0. The molecule has 0 aliphatic carbocycles. The van der Waals surface area contributed by atoms with E-state index in [1.54, 1.807) is 0 Å². The van der Waals surface area contributed by atoms with Gasteiger partial charge < -0.3 is 9.84 Å². The van der Waals surface area contributed by atoms with Crippen molar-refractivity contribution in [2.24, 2.45) is 0 Å². The van der Waals surface area contributed by atoms with Crippen LogP contribution < -0.4 is 5.32 Å². The fraction of sp³-hybridized carbons (Fsp3) is 0.556. The van der Waals surface area contributed by atoms with E-state index in [1.807, 2.05) is 0 Å². The Morgan fingerprint density at radius 1 is 1.56 bits per heavy atom. The molecule has 2 rings (SSSR count). The molecular weight excluding hydrogens is 208 g/mol. The number of hydrogen-bond donors (Lipinski definition) is 2. The summed E-state index contributed by atoms with van der Waals surface area (Å²) in [7, 11) is 0. The molecular formula is C9H14N6O. The van der Waals surface area contributed by atoms with Crippen LogP contribution in [0.3, 0.4) is 0 Å². The number of nitrogens with one attached hydrogen (secondary N) is 2. The Hall–Kier alpha value is -1.76. The first-order valence-electron chi connectivity index (χ1n) is 5.21. The van der Waals surface area contributed by atoms with Gasteiger partial charge in [-0.15, -0.1) is 0 Å². The molecule has 0 spiro atoms. The lowest BCUT2D eigenvalue weighted by Gasteiger charge is -2.07. The van der Waals surface area contributed by atoms with Gasteiger partial charge in [-0.1, -0.05) is 12.1 Å². The van der Waals surface area contributed by atoms with Crippen LogP contribution in [0.2, 0.25) is 0 Å². The first kappa shape index (κ1) is 10.7. The van der Waals surface area contributed by atoms with Crippen LogP contribution in [0.4, 0.5) is 0 Å². The highest BCUT2D eigenvalue weighted by Crippen LogP contribution is 2.09. The second-order valence-electron chi connectivity index (χ2n) is 3.51. The molecule has 0 saturated carbocycles. The number of aromatic amines is 1. The Morgan fingerprint density at radius 2 is 2.44 bits per heavy atom. The van der Waals surface area contributed by atoms with Crippen LogP contribution in [0.15, 0.2) is 10.9 Å². The van der Waals surface area contributed by atoms with Crippen molar-refractivity contribution < 1.29 is 4.52 Å². The molecule has 7 nitrogen and oxygen atoms in total. The predicted molar refractivity (Wildman–Crippen MR) is 56.5 cm³/mol. The van der Waals surface area contributed by atoms with E-state index in [1.165, 1.54) is 6.33 Å². The van der Waals surface area contributed by atoms with Crippen molar-refractivity contribution in [2.45, 2.75) is 26.3 Å². The second kappa shape index (κ2) is 4.84. The highest BCUT2D eigenvalue weighted by atomic mass is 16.5. The average Bonchev–Trinajstić information content (AvgIpc) is 2.86. The Morgan fingerprint density at radius 3 is 3.12 bits per heavy atom. The van der Waals surface area contributed by atoms with Crippen LogP contribution in [0.1, 0.15) is 19.7 Å². The van der Waals surface area contributed by atoms with Gasteiger partial charge in [0, 0.05) is 12.5 Å². The maximum Gasteiger partial charge on any atom is 0.239 e. The zero-order valence-corrected chi connectivity index (χ0v) is 9.27. The number of aromatic nitrogens is 5. The number of rotatable bonds is 5. The van der Waals surface area contributed by atoms with E-state index in [9.17, 15) is 0 Å². The molecule has 2 aromatic heterocycles. The van der Waals surface area contributed by atoms with E-state index in [2.05, 4.69) is 44.5 Å². The molecule has 0 radical (unpaired) electrons. The lowest BCUT2D eigenvalue weighted by molar-refractivity contribution is 0.363. The summed E-state index contributed by atoms with van der Waals surface area (Å²) in [6.45, 7) is 5.05. The lowest BCUT2D eigenvalue weighted by atomic mass is 10.2. The third-order valence-corrected chi connectivity index (χ3v) is 2.13. The summed E-state index contributed by atoms with van der Waals surface area (Å²) in [4.78, 5) is 8.17. The fourth-order valence-electron chi connectivity index (χ4n) is 1.43. The average molecular weight is 222 g/mol. The molecule has 16 heavy (non-hydrogen) atoms. The van der Waals surface area contributed by atoms with Gasteiger partial charge in [0.25, 0.3) is 0 Å². The molecule has 0 aliphatic rings. The molecule has 0 aliphatic heterocycles. The fourth-order valence-corrected chi connectivity index (χ4v) is 1.43. The van der Waals surface area contributed by atoms with Gasteiger partial charge >= 0.3 is 0 Å². The summed E-state index contributed by atoms with van der Waals surface area (Å²) in [6, 6.07) is 0.313. The van der Waals surface area contributed by atoms with Gasteiger partial charge in [-0.2, -0.15) is 10.1 Å². The zero-order chi connectivity index (χ0) is 11.4. The zero-order valence-electron chi connectivity index (χ0n) is 9.27. The molecule has 0 aromatic carbocycles. The van der Waals surface area contributed by atoms with E-state index in [0.29, 0.717) is 30.0 Å². The summed E-state index contributed by atoms with van der Waals surface area (Å²) in [6.07, 6.45) is 2.11. The van der Waals surface area contributed by atoms with Gasteiger partial charge in [-0.3, -0.25) is 5.10 Å². The summed E-state index contributed by atoms with van der Waals surface area (Å²) >= 11 is 0. The van der Waals surface area contributed by atoms with Crippen LogP contribution in [0, 0.1) is 0 Å². The highest BCUT2D eigenvalue weighted by molar-refractivity contribution is 5.39. The Balaban J connectivity index is 2.03. The van der Waals surface area contributed by atoms with Gasteiger partial charge in [0.1, 0.15) is 6.33 Å². The van der Waals surface area contributed by atoms with Crippen LogP contribution >= 0.6 is 0 Å². The molecule has 2 N–H and O–H groups in total. The molecule has 2 heterocycles. The van der Waals surface area contributed by atoms with Crippen LogP contribution in [0.25, 0.3) is 11.6 Å². The molecule has 1 unspecified atom stereocenters. The third-order valence-electron chi connectivity index (χ3n) is 2.13. The number of hydrogen-bond acceptors (Lipinski definition) is 6.